The minimum absolute atomic E-state index is 0.104. The quantitative estimate of drug-likeness (QED) is 0.528. The first-order valence-electron chi connectivity index (χ1n) is 10.5. The first-order chi connectivity index (χ1) is 15.1. The number of hydrogen-bond acceptors (Lipinski definition) is 4. The SMILES string of the molecule is CCn1cc(C#Cc2nccn2C)c(=O)c2cc(NC3Cc4ccccc4C3)cnc21. The number of nitrogens with one attached hydrogen (secondary N) is 1. The van der Waals surface area contributed by atoms with E-state index in [4.69, 9.17) is 0 Å². The molecule has 5 rings (SSSR count). The lowest BCUT2D eigenvalue weighted by atomic mass is 10.1. The van der Waals surface area contributed by atoms with Crippen molar-refractivity contribution in [2.45, 2.75) is 32.4 Å². The summed E-state index contributed by atoms with van der Waals surface area (Å²) >= 11 is 0. The van der Waals surface area contributed by atoms with Crippen molar-refractivity contribution in [3.63, 3.8) is 0 Å². The van der Waals surface area contributed by atoms with E-state index < -0.39 is 0 Å². The molecule has 3 aromatic heterocycles. The summed E-state index contributed by atoms with van der Waals surface area (Å²) in [7, 11) is 1.88. The van der Waals surface area contributed by atoms with Crippen molar-refractivity contribution in [3.05, 3.63) is 87.9 Å². The van der Waals surface area contributed by atoms with Gasteiger partial charge in [0.15, 0.2) is 5.82 Å². The number of nitrogens with zero attached hydrogens (tertiary/aromatic N) is 4. The van der Waals surface area contributed by atoms with Gasteiger partial charge in [0.05, 0.1) is 22.8 Å². The van der Waals surface area contributed by atoms with Crippen LogP contribution >= 0.6 is 0 Å². The van der Waals surface area contributed by atoms with Crippen molar-refractivity contribution < 1.29 is 0 Å². The van der Waals surface area contributed by atoms with Crippen LogP contribution in [0.15, 0.2) is 59.9 Å². The Bertz CT molecular complexity index is 1380. The highest BCUT2D eigenvalue weighted by atomic mass is 16.1. The van der Waals surface area contributed by atoms with E-state index in [1.807, 2.05) is 41.6 Å². The van der Waals surface area contributed by atoms with E-state index in [0.717, 1.165) is 18.5 Å². The van der Waals surface area contributed by atoms with Crippen molar-refractivity contribution in [1.29, 1.82) is 0 Å². The Morgan fingerprint density at radius 3 is 2.61 bits per heavy atom. The second kappa shape index (κ2) is 7.77. The van der Waals surface area contributed by atoms with Crippen molar-refractivity contribution >= 4 is 16.7 Å². The molecular weight excluding hydrogens is 386 g/mol. The number of anilines is 1. The molecule has 0 radical (unpaired) electrons. The zero-order chi connectivity index (χ0) is 21.4. The Morgan fingerprint density at radius 1 is 1.16 bits per heavy atom. The Labute approximate surface area is 180 Å². The Kier molecular flexibility index (Phi) is 4.79. The zero-order valence-electron chi connectivity index (χ0n) is 17.6. The zero-order valence-corrected chi connectivity index (χ0v) is 17.6. The molecule has 0 unspecified atom stereocenters. The molecule has 0 atom stereocenters. The van der Waals surface area contributed by atoms with Crippen LogP contribution in [0.2, 0.25) is 0 Å². The smallest absolute Gasteiger partial charge is 0.206 e. The van der Waals surface area contributed by atoms with Crippen molar-refractivity contribution in [1.82, 2.24) is 19.1 Å². The van der Waals surface area contributed by atoms with E-state index in [1.165, 1.54) is 11.1 Å². The highest BCUT2D eigenvalue weighted by Crippen LogP contribution is 2.25. The summed E-state index contributed by atoms with van der Waals surface area (Å²) in [4.78, 5) is 22.0. The third-order valence-corrected chi connectivity index (χ3v) is 5.81. The summed E-state index contributed by atoms with van der Waals surface area (Å²) in [5, 5.41) is 4.14. The van der Waals surface area contributed by atoms with Gasteiger partial charge in [-0.3, -0.25) is 4.79 Å². The van der Waals surface area contributed by atoms with Crippen LogP contribution in [0, 0.1) is 11.8 Å². The van der Waals surface area contributed by atoms with Crippen molar-refractivity contribution in [3.8, 4) is 11.8 Å². The van der Waals surface area contributed by atoms with E-state index in [9.17, 15) is 4.79 Å². The molecule has 1 N–H and O–H groups in total. The van der Waals surface area contributed by atoms with Crippen LogP contribution in [0.25, 0.3) is 11.0 Å². The minimum atomic E-state index is -0.104. The van der Waals surface area contributed by atoms with Crippen LogP contribution in [-0.2, 0) is 26.4 Å². The van der Waals surface area contributed by atoms with Gasteiger partial charge in [-0.1, -0.05) is 30.2 Å². The van der Waals surface area contributed by atoms with Gasteiger partial charge in [-0.15, -0.1) is 0 Å². The van der Waals surface area contributed by atoms with Crippen LogP contribution in [0.1, 0.15) is 29.4 Å². The van der Waals surface area contributed by atoms with Gasteiger partial charge >= 0.3 is 0 Å². The molecule has 0 aliphatic heterocycles. The highest BCUT2D eigenvalue weighted by Gasteiger charge is 2.21. The number of aryl methyl sites for hydroxylation is 2. The molecule has 0 spiro atoms. The van der Waals surface area contributed by atoms with E-state index in [-0.39, 0.29) is 5.43 Å². The molecule has 1 aliphatic carbocycles. The number of benzene rings is 1. The lowest BCUT2D eigenvalue weighted by Gasteiger charge is -2.15. The molecule has 0 saturated carbocycles. The first kappa shape index (κ1) is 19.1. The molecule has 4 aromatic rings. The Morgan fingerprint density at radius 2 is 1.94 bits per heavy atom. The van der Waals surface area contributed by atoms with Crippen molar-refractivity contribution in [2.75, 3.05) is 5.32 Å². The molecule has 0 fully saturated rings. The van der Waals surface area contributed by atoms with E-state index in [0.29, 0.717) is 35.0 Å². The molecule has 31 heavy (non-hydrogen) atoms. The van der Waals surface area contributed by atoms with Gasteiger partial charge in [-0.25, -0.2) is 9.97 Å². The first-order valence-corrected chi connectivity index (χ1v) is 10.5. The lowest BCUT2D eigenvalue weighted by molar-refractivity contribution is 0.768. The lowest BCUT2D eigenvalue weighted by Crippen LogP contribution is -2.20. The van der Waals surface area contributed by atoms with Crippen LogP contribution in [0.5, 0.6) is 0 Å². The number of rotatable bonds is 3. The molecule has 1 aliphatic rings. The maximum atomic E-state index is 13.2. The molecule has 0 bridgehead atoms. The summed E-state index contributed by atoms with van der Waals surface area (Å²) in [5.41, 5.74) is 4.65. The average Bonchev–Trinajstić information content (AvgIpc) is 3.38. The predicted molar refractivity (Wildman–Crippen MR) is 122 cm³/mol. The fraction of sp³-hybridized carbons (Fsp3) is 0.240. The van der Waals surface area contributed by atoms with Crippen molar-refractivity contribution in [2.24, 2.45) is 7.05 Å². The fourth-order valence-electron chi connectivity index (χ4n) is 4.19. The molecule has 0 saturated heterocycles. The summed E-state index contributed by atoms with van der Waals surface area (Å²) < 4.78 is 3.80. The van der Waals surface area contributed by atoms with Crippen LogP contribution in [-0.4, -0.2) is 25.1 Å². The number of fused-ring (bicyclic) bond motifs is 2. The number of aromatic nitrogens is 4. The third kappa shape index (κ3) is 3.59. The summed E-state index contributed by atoms with van der Waals surface area (Å²) in [6, 6.07) is 10.7. The average molecular weight is 409 g/mol. The third-order valence-electron chi connectivity index (χ3n) is 5.81. The molecule has 3 heterocycles. The monoisotopic (exact) mass is 409 g/mol. The second-order valence-corrected chi connectivity index (χ2v) is 7.88. The molecule has 154 valence electrons. The number of hydrogen-bond donors (Lipinski definition) is 1. The molecule has 1 aromatic carbocycles. The van der Waals surface area contributed by atoms with Gasteiger partial charge in [0.2, 0.25) is 5.43 Å². The maximum Gasteiger partial charge on any atom is 0.206 e. The van der Waals surface area contributed by atoms with Crippen LogP contribution in [0.4, 0.5) is 5.69 Å². The number of pyridine rings is 2. The molecule has 6 nitrogen and oxygen atoms in total. The van der Waals surface area contributed by atoms with Gasteiger partial charge < -0.3 is 14.5 Å². The van der Waals surface area contributed by atoms with Gasteiger partial charge in [0, 0.05) is 38.2 Å². The molecule has 0 amide bonds. The maximum absolute atomic E-state index is 13.2. The van der Waals surface area contributed by atoms with E-state index >= 15 is 0 Å². The minimum Gasteiger partial charge on any atom is -0.380 e. The van der Waals surface area contributed by atoms with Gasteiger partial charge in [0.1, 0.15) is 5.65 Å². The summed E-state index contributed by atoms with van der Waals surface area (Å²) in [6.45, 7) is 2.73. The highest BCUT2D eigenvalue weighted by molar-refractivity contribution is 5.80. The molecular formula is C25H23N5O. The predicted octanol–water partition coefficient (Wildman–Crippen LogP) is 3.13. The second-order valence-electron chi connectivity index (χ2n) is 7.88. The van der Waals surface area contributed by atoms with Gasteiger partial charge in [0.25, 0.3) is 0 Å². The summed E-state index contributed by atoms with van der Waals surface area (Å²) in [5.74, 6) is 6.64. The van der Waals surface area contributed by atoms with Gasteiger partial charge in [-0.2, -0.15) is 0 Å². The number of imidazole rings is 1. The fourth-order valence-corrected chi connectivity index (χ4v) is 4.19. The summed E-state index contributed by atoms with van der Waals surface area (Å²) in [6.07, 6.45) is 9.07. The normalized spacial score (nSPS) is 13.1. The van der Waals surface area contributed by atoms with Crippen LogP contribution in [0.3, 0.4) is 0 Å². The van der Waals surface area contributed by atoms with Gasteiger partial charge in [-0.05, 0) is 42.9 Å². The van der Waals surface area contributed by atoms with E-state index in [2.05, 4.69) is 51.4 Å². The Balaban J connectivity index is 1.50. The van der Waals surface area contributed by atoms with Crippen LogP contribution < -0.4 is 10.7 Å². The largest absolute Gasteiger partial charge is 0.380 e. The molecule has 6 heteroatoms. The topological polar surface area (TPSA) is 64.7 Å². The standard InChI is InChI=1S/C25H23N5O/c1-3-30-16-19(8-9-23-26-10-11-29(23)2)24(31)22-14-21(15-27-25(22)30)28-20-12-17-6-4-5-7-18(17)13-20/h4-7,10-11,14-16,20,28H,3,12-13H2,1-2H3. The Hall–Kier alpha value is -3.85. The van der Waals surface area contributed by atoms with E-state index in [1.54, 1.807) is 12.4 Å².